The molecule has 1 heterocycles. The summed E-state index contributed by atoms with van der Waals surface area (Å²) in [6.07, 6.45) is 1.14. The Bertz CT molecular complexity index is 419. The van der Waals surface area contributed by atoms with E-state index in [9.17, 15) is 0 Å². The molecule has 0 aromatic rings. The monoisotopic (exact) mass is 292 g/mol. The van der Waals surface area contributed by atoms with Crippen LogP contribution in [0.15, 0.2) is 22.5 Å². The molecule has 0 saturated carbocycles. The van der Waals surface area contributed by atoms with Gasteiger partial charge in [0.2, 0.25) is 0 Å². The van der Waals surface area contributed by atoms with E-state index in [4.69, 9.17) is 0 Å². The zero-order chi connectivity index (χ0) is 16.3. The van der Waals surface area contributed by atoms with Crippen molar-refractivity contribution in [1.29, 1.82) is 0 Å². The first-order chi connectivity index (χ1) is 9.76. The second kappa shape index (κ2) is 7.38. The second-order valence-electron chi connectivity index (χ2n) is 6.94. The van der Waals surface area contributed by atoms with Crippen molar-refractivity contribution in [1.82, 2.24) is 9.80 Å². The van der Waals surface area contributed by atoms with Crippen LogP contribution in [0.4, 0.5) is 0 Å². The second-order valence-corrected chi connectivity index (χ2v) is 6.94. The summed E-state index contributed by atoms with van der Waals surface area (Å²) >= 11 is 0. The van der Waals surface area contributed by atoms with Crippen LogP contribution in [-0.2, 0) is 0 Å². The summed E-state index contributed by atoms with van der Waals surface area (Å²) in [6, 6.07) is 0. The van der Waals surface area contributed by atoms with Gasteiger partial charge in [-0.25, -0.2) is 0 Å². The average Bonchev–Trinajstić information content (AvgIpc) is 2.45. The van der Waals surface area contributed by atoms with E-state index in [1.54, 1.807) is 5.57 Å². The fourth-order valence-electron chi connectivity index (χ4n) is 3.82. The minimum absolute atomic E-state index is 0.509. The molecule has 0 aliphatic carbocycles. The molecule has 3 unspecified atom stereocenters. The van der Waals surface area contributed by atoms with Crippen molar-refractivity contribution in [2.75, 3.05) is 27.2 Å². The average molecular weight is 293 g/mol. The van der Waals surface area contributed by atoms with E-state index in [0.29, 0.717) is 11.8 Å². The van der Waals surface area contributed by atoms with Crippen LogP contribution >= 0.6 is 0 Å². The highest BCUT2D eigenvalue weighted by Crippen LogP contribution is 2.39. The molecule has 2 nitrogen and oxygen atoms in total. The lowest BCUT2D eigenvalue weighted by Crippen LogP contribution is -2.37. The Kier molecular flexibility index (Phi) is 6.37. The molecule has 0 bridgehead atoms. The molecule has 0 N–H and O–H groups in total. The predicted octanol–water partition coefficient (Wildman–Crippen LogP) is 4.75. The molecule has 0 fully saturated rings. The molecule has 0 aromatic heterocycles. The first-order valence-electron chi connectivity index (χ1n) is 8.58. The Morgan fingerprint density at radius 2 is 1.90 bits per heavy atom. The molecule has 122 valence electrons. The topological polar surface area (TPSA) is 6.48 Å². The third-order valence-corrected chi connectivity index (χ3v) is 5.63. The van der Waals surface area contributed by atoms with Gasteiger partial charge in [0.05, 0.1) is 0 Å². The molecule has 0 amide bonds. The van der Waals surface area contributed by atoms with E-state index in [2.05, 4.69) is 72.4 Å². The van der Waals surface area contributed by atoms with Crippen LogP contribution < -0.4 is 0 Å². The summed E-state index contributed by atoms with van der Waals surface area (Å²) < 4.78 is 0. The Labute approximate surface area is 132 Å². The molecule has 0 aromatic carbocycles. The minimum atomic E-state index is 0.509. The van der Waals surface area contributed by atoms with Gasteiger partial charge < -0.3 is 9.80 Å². The summed E-state index contributed by atoms with van der Waals surface area (Å²) in [5.41, 5.74) is 6.18. The quantitative estimate of drug-likeness (QED) is 0.721. The Morgan fingerprint density at radius 3 is 2.38 bits per heavy atom. The van der Waals surface area contributed by atoms with Crippen LogP contribution in [0.1, 0.15) is 54.9 Å². The summed E-state index contributed by atoms with van der Waals surface area (Å²) in [6.45, 7) is 18.6. The van der Waals surface area contributed by atoms with Gasteiger partial charge in [0.15, 0.2) is 0 Å². The SMILES string of the molecule is CC/C(C)=C(/C(C)C1=C(C)N(C)CC(C)C1C)N(C)CC. The van der Waals surface area contributed by atoms with E-state index in [1.165, 1.54) is 23.5 Å². The highest BCUT2D eigenvalue weighted by Gasteiger charge is 2.32. The highest BCUT2D eigenvalue weighted by molar-refractivity contribution is 5.30. The minimum Gasteiger partial charge on any atom is -0.378 e. The Hall–Kier alpha value is -0.920. The molecule has 1 rings (SSSR count). The van der Waals surface area contributed by atoms with Gasteiger partial charge in [-0.15, -0.1) is 0 Å². The van der Waals surface area contributed by atoms with Gasteiger partial charge in [0.1, 0.15) is 0 Å². The molecular formula is C19H36N2. The lowest BCUT2D eigenvalue weighted by Gasteiger charge is -2.42. The lowest BCUT2D eigenvalue weighted by molar-refractivity contribution is 0.244. The van der Waals surface area contributed by atoms with Gasteiger partial charge in [0, 0.05) is 44.5 Å². The maximum atomic E-state index is 2.45. The zero-order valence-corrected chi connectivity index (χ0v) is 15.7. The van der Waals surface area contributed by atoms with Crippen molar-refractivity contribution < 1.29 is 0 Å². The number of nitrogens with zero attached hydrogens (tertiary/aromatic N) is 2. The summed E-state index contributed by atoms with van der Waals surface area (Å²) in [5, 5.41) is 0. The van der Waals surface area contributed by atoms with Crippen molar-refractivity contribution in [3.8, 4) is 0 Å². The molecule has 3 atom stereocenters. The Morgan fingerprint density at radius 1 is 1.33 bits per heavy atom. The van der Waals surface area contributed by atoms with Gasteiger partial charge >= 0.3 is 0 Å². The van der Waals surface area contributed by atoms with E-state index in [1.807, 2.05) is 0 Å². The lowest BCUT2D eigenvalue weighted by atomic mass is 9.76. The van der Waals surface area contributed by atoms with Gasteiger partial charge in [-0.1, -0.05) is 33.3 Å². The van der Waals surface area contributed by atoms with E-state index in [-0.39, 0.29) is 0 Å². The smallest absolute Gasteiger partial charge is 0.0202 e. The van der Waals surface area contributed by atoms with E-state index >= 15 is 0 Å². The van der Waals surface area contributed by atoms with Crippen molar-refractivity contribution in [2.45, 2.75) is 54.9 Å². The van der Waals surface area contributed by atoms with Crippen LogP contribution in [0, 0.1) is 17.8 Å². The molecule has 0 spiro atoms. The number of hydrogen-bond acceptors (Lipinski definition) is 2. The zero-order valence-electron chi connectivity index (χ0n) is 15.7. The van der Waals surface area contributed by atoms with Crippen LogP contribution in [0.5, 0.6) is 0 Å². The van der Waals surface area contributed by atoms with Gasteiger partial charge in [-0.05, 0) is 44.6 Å². The largest absolute Gasteiger partial charge is 0.378 e. The molecule has 1 aliphatic heterocycles. The maximum absolute atomic E-state index is 2.45. The molecule has 0 radical (unpaired) electrons. The van der Waals surface area contributed by atoms with Crippen LogP contribution in [-0.4, -0.2) is 37.0 Å². The fraction of sp³-hybridized carbons (Fsp3) is 0.789. The van der Waals surface area contributed by atoms with Gasteiger partial charge in [-0.3, -0.25) is 0 Å². The molecule has 0 saturated heterocycles. The van der Waals surface area contributed by atoms with Crippen LogP contribution in [0.3, 0.4) is 0 Å². The normalized spacial score (nSPS) is 25.9. The number of allylic oxidation sites excluding steroid dienone is 3. The van der Waals surface area contributed by atoms with E-state index < -0.39 is 0 Å². The van der Waals surface area contributed by atoms with Crippen molar-refractivity contribution in [2.24, 2.45) is 17.8 Å². The summed E-state index contributed by atoms with van der Waals surface area (Å²) in [7, 11) is 4.48. The number of hydrogen-bond donors (Lipinski definition) is 0. The third kappa shape index (κ3) is 3.64. The van der Waals surface area contributed by atoms with Crippen LogP contribution in [0.25, 0.3) is 0 Å². The summed E-state index contributed by atoms with van der Waals surface area (Å²) in [4.78, 5) is 4.89. The molecule has 1 aliphatic rings. The van der Waals surface area contributed by atoms with Crippen molar-refractivity contribution >= 4 is 0 Å². The maximum Gasteiger partial charge on any atom is 0.0202 e. The first-order valence-corrected chi connectivity index (χ1v) is 8.58. The third-order valence-electron chi connectivity index (χ3n) is 5.63. The molecule has 21 heavy (non-hydrogen) atoms. The first kappa shape index (κ1) is 18.1. The Balaban J connectivity index is 3.31. The van der Waals surface area contributed by atoms with Crippen molar-refractivity contribution in [3.05, 3.63) is 22.5 Å². The molecule has 2 heteroatoms. The van der Waals surface area contributed by atoms with Crippen molar-refractivity contribution in [3.63, 3.8) is 0 Å². The predicted molar refractivity (Wildman–Crippen MR) is 94.1 cm³/mol. The molecular weight excluding hydrogens is 256 g/mol. The number of rotatable bonds is 5. The standard InChI is InChI=1S/C19H36N2/c1-10-13(3)19(20(8)11-2)16(6)18-15(5)14(4)12-21(9)17(18)7/h14-16H,10-12H2,1-9H3/b19-13-. The fourth-order valence-corrected chi connectivity index (χ4v) is 3.82. The van der Waals surface area contributed by atoms with Gasteiger partial charge in [0.25, 0.3) is 0 Å². The van der Waals surface area contributed by atoms with Gasteiger partial charge in [-0.2, -0.15) is 0 Å². The highest BCUT2D eigenvalue weighted by atomic mass is 15.1. The van der Waals surface area contributed by atoms with Crippen LogP contribution in [0.2, 0.25) is 0 Å². The van der Waals surface area contributed by atoms with E-state index in [0.717, 1.165) is 18.9 Å². The summed E-state index contributed by atoms with van der Waals surface area (Å²) in [5.74, 6) is 1.91.